The number of hydrogen-bond acceptors (Lipinski definition) is 7. The fraction of sp³-hybridized carbons (Fsp3) is 0.391. The summed E-state index contributed by atoms with van der Waals surface area (Å²) in [4.78, 5) is 21.6. The summed E-state index contributed by atoms with van der Waals surface area (Å²) in [5.41, 5.74) is 1.60. The molecule has 0 aliphatic rings. The first-order valence-corrected chi connectivity index (χ1v) is 13.3. The highest BCUT2D eigenvalue weighted by Gasteiger charge is 2.23. The number of halogens is 1. The number of aromatic nitrogens is 1. The van der Waals surface area contributed by atoms with Crippen molar-refractivity contribution in [3.8, 4) is 5.75 Å². The standard InChI is InChI=1S/C23H28ClN3O4S2/c1-16-7-9-17(10-8-16)33(29,30)15-5-6-20(28)27(14-13-26(2)3)23-25-21-19(31-4)12-11-18(24)22(21)32-23/h7-12H,5-6,13-15H2,1-4H3. The number of methoxy groups -OCH3 is 1. The number of rotatable bonds is 10. The van der Waals surface area contributed by atoms with E-state index in [0.717, 1.165) is 10.3 Å². The molecular formula is C23H28ClN3O4S2. The first kappa shape index (κ1) is 25.4. The molecular weight excluding hydrogens is 482 g/mol. The van der Waals surface area contributed by atoms with Crippen molar-refractivity contribution < 1.29 is 17.9 Å². The molecule has 10 heteroatoms. The number of likely N-dealkylation sites (N-methyl/N-ethyl adjacent to an activating group) is 1. The van der Waals surface area contributed by atoms with Crippen LogP contribution in [0.2, 0.25) is 5.02 Å². The van der Waals surface area contributed by atoms with E-state index in [0.29, 0.717) is 34.5 Å². The molecule has 0 aliphatic carbocycles. The third kappa shape index (κ3) is 6.23. The molecule has 1 heterocycles. The summed E-state index contributed by atoms with van der Waals surface area (Å²) >= 11 is 7.67. The fourth-order valence-corrected chi connectivity index (χ4v) is 5.87. The van der Waals surface area contributed by atoms with Gasteiger partial charge in [-0.15, -0.1) is 0 Å². The second-order valence-corrected chi connectivity index (χ2v) is 11.5. The van der Waals surface area contributed by atoms with Gasteiger partial charge in [-0.05, 0) is 51.7 Å². The Balaban J connectivity index is 1.78. The fourth-order valence-electron chi connectivity index (χ4n) is 3.26. The Hall–Kier alpha value is -2.20. The molecule has 0 bridgehead atoms. The first-order valence-electron chi connectivity index (χ1n) is 10.5. The zero-order valence-corrected chi connectivity index (χ0v) is 21.6. The van der Waals surface area contributed by atoms with Gasteiger partial charge in [-0.2, -0.15) is 0 Å². The lowest BCUT2D eigenvalue weighted by atomic mass is 10.2. The maximum Gasteiger partial charge on any atom is 0.228 e. The molecule has 0 aliphatic heterocycles. The Morgan fingerprint density at radius 1 is 1.12 bits per heavy atom. The van der Waals surface area contributed by atoms with Crippen LogP contribution in [0.15, 0.2) is 41.3 Å². The number of sulfone groups is 1. The van der Waals surface area contributed by atoms with Crippen molar-refractivity contribution in [3.63, 3.8) is 0 Å². The van der Waals surface area contributed by atoms with E-state index in [1.165, 1.54) is 11.3 Å². The maximum absolute atomic E-state index is 13.2. The van der Waals surface area contributed by atoms with Crippen LogP contribution in [0.3, 0.4) is 0 Å². The average molecular weight is 510 g/mol. The predicted molar refractivity (Wildman–Crippen MR) is 135 cm³/mol. The van der Waals surface area contributed by atoms with Gasteiger partial charge in [-0.1, -0.05) is 40.6 Å². The van der Waals surface area contributed by atoms with Crippen LogP contribution < -0.4 is 9.64 Å². The van der Waals surface area contributed by atoms with E-state index < -0.39 is 9.84 Å². The summed E-state index contributed by atoms with van der Waals surface area (Å²) < 4.78 is 31.4. The average Bonchev–Trinajstić information content (AvgIpc) is 3.20. The summed E-state index contributed by atoms with van der Waals surface area (Å²) in [7, 11) is 1.96. The van der Waals surface area contributed by atoms with Gasteiger partial charge in [-0.25, -0.2) is 13.4 Å². The van der Waals surface area contributed by atoms with Crippen molar-refractivity contribution in [2.75, 3.05) is 44.9 Å². The van der Waals surface area contributed by atoms with Crippen LogP contribution >= 0.6 is 22.9 Å². The molecule has 0 unspecified atom stereocenters. The smallest absolute Gasteiger partial charge is 0.228 e. The van der Waals surface area contributed by atoms with Crippen LogP contribution in [0.1, 0.15) is 18.4 Å². The third-order valence-electron chi connectivity index (χ3n) is 5.15. The number of carbonyl (C=O) groups excluding carboxylic acids is 1. The van der Waals surface area contributed by atoms with Gasteiger partial charge in [-0.3, -0.25) is 9.69 Å². The molecule has 1 aromatic heterocycles. The molecule has 0 N–H and O–H groups in total. The van der Waals surface area contributed by atoms with E-state index in [4.69, 9.17) is 16.3 Å². The minimum atomic E-state index is -3.45. The van der Waals surface area contributed by atoms with E-state index in [9.17, 15) is 13.2 Å². The number of thiazole rings is 1. The van der Waals surface area contributed by atoms with Crippen LogP contribution in [0, 0.1) is 6.92 Å². The topological polar surface area (TPSA) is 79.8 Å². The Labute approximate surface area is 203 Å². The van der Waals surface area contributed by atoms with E-state index in [2.05, 4.69) is 4.98 Å². The largest absolute Gasteiger partial charge is 0.494 e. The Morgan fingerprint density at radius 2 is 1.82 bits per heavy atom. The van der Waals surface area contributed by atoms with Crippen LogP contribution in [0.5, 0.6) is 5.75 Å². The second kappa shape index (κ2) is 10.8. The molecule has 0 radical (unpaired) electrons. The molecule has 0 atom stereocenters. The van der Waals surface area contributed by atoms with Gasteiger partial charge in [0.2, 0.25) is 5.91 Å². The molecule has 0 saturated heterocycles. The second-order valence-electron chi connectivity index (χ2n) is 8.01. The molecule has 7 nitrogen and oxygen atoms in total. The first-order chi connectivity index (χ1) is 15.6. The van der Waals surface area contributed by atoms with E-state index in [-0.39, 0.29) is 29.4 Å². The molecule has 1 amide bonds. The minimum absolute atomic E-state index is 0.0944. The number of carbonyl (C=O) groups is 1. The SMILES string of the molecule is COc1ccc(Cl)c2sc(N(CCN(C)C)C(=O)CCCS(=O)(=O)c3ccc(C)cc3)nc12. The number of benzene rings is 2. The van der Waals surface area contributed by atoms with Gasteiger partial charge < -0.3 is 9.64 Å². The predicted octanol–water partition coefficient (Wildman–Crippen LogP) is 4.42. The van der Waals surface area contributed by atoms with Crippen molar-refractivity contribution >= 4 is 54.0 Å². The van der Waals surface area contributed by atoms with Crippen LogP contribution in [0.4, 0.5) is 5.13 Å². The summed E-state index contributed by atoms with van der Waals surface area (Å²) in [5.74, 6) is 0.314. The number of aryl methyl sites for hydroxylation is 1. The van der Waals surface area contributed by atoms with Crippen LogP contribution in [0.25, 0.3) is 10.2 Å². The third-order valence-corrected chi connectivity index (χ3v) is 8.51. The normalized spacial score (nSPS) is 11.8. The lowest BCUT2D eigenvalue weighted by Crippen LogP contribution is -2.36. The van der Waals surface area contributed by atoms with E-state index in [1.807, 2.05) is 25.9 Å². The van der Waals surface area contributed by atoms with Gasteiger partial charge in [0.05, 0.1) is 27.5 Å². The summed E-state index contributed by atoms with van der Waals surface area (Å²) in [6, 6.07) is 10.2. The Bertz CT molecular complexity index is 1220. The van der Waals surface area contributed by atoms with E-state index >= 15 is 0 Å². The molecule has 0 spiro atoms. The number of ether oxygens (including phenoxy) is 1. The number of nitrogens with zero attached hydrogens (tertiary/aromatic N) is 3. The molecule has 3 aromatic rings. The van der Waals surface area contributed by atoms with Gasteiger partial charge in [0, 0.05) is 19.5 Å². The number of fused-ring (bicyclic) bond motifs is 1. The molecule has 33 heavy (non-hydrogen) atoms. The van der Waals surface area contributed by atoms with Gasteiger partial charge in [0.25, 0.3) is 0 Å². The lowest BCUT2D eigenvalue weighted by Gasteiger charge is -2.22. The molecule has 0 saturated carbocycles. The molecule has 178 valence electrons. The van der Waals surface area contributed by atoms with Crippen LogP contribution in [-0.2, 0) is 14.6 Å². The molecule has 3 rings (SSSR count). The Kier molecular flexibility index (Phi) is 8.33. The lowest BCUT2D eigenvalue weighted by molar-refractivity contribution is -0.118. The molecule has 0 fully saturated rings. The summed E-state index contributed by atoms with van der Waals surface area (Å²) in [5, 5.41) is 1.06. The maximum atomic E-state index is 13.2. The van der Waals surface area contributed by atoms with Gasteiger partial charge in [0.15, 0.2) is 15.0 Å². The van der Waals surface area contributed by atoms with Crippen LogP contribution in [-0.4, -0.2) is 64.3 Å². The zero-order chi connectivity index (χ0) is 24.2. The van der Waals surface area contributed by atoms with E-state index in [1.54, 1.807) is 48.4 Å². The number of amides is 1. The minimum Gasteiger partial charge on any atom is -0.494 e. The molecule has 2 aromatic carbocycles. The van der Waals surface area contributed by atoms with Crippen molar-refractivity contribution in [2.24, 2.45) is 0 Å². The Morgan fingerprint density at radius 3 is 2.45 bits per heavy atom. The van der Waals surface area contributed by atoms with Crippen molar-refractivity contribution in [1.29, 1.82) is 0 Å². The van der Waals surface area contributed by atoms with Gasteiger partial charge >= 0.3 is 0 Å². The number of anilines is 1. The van der Waals surface area contributed by atoms with Crippen molar-refractivity contribution in [3.05, 3.63) is 47.0 Å². The highest BCUT2D eigenvalue weighted by Crippen LogP contribution is 2.38. The van der Waals surface area contributed by atoms with Gasteiger partial charge in [0.1, 0.15) is 11.3 Å². The monoisotopic (exact) mass is 509 g/mol. The highest BCUT2D eigenvalue weighted by molar-refractivity contribution is 7.91. The zero-order valence-electron chi connectivity index (χ0n) is 19.2. The number of hydrogen-bond donors (Lipinski definition) is 0. The summed E-state index contributed by atoms with van der Waals surface area (Å²) in [6.07, 6.45) is 0.321. The van der Waals surface area contributed by atoms with Crippen molar-refractivity contribution in [2.45, 2.75) is 24.7 Å². The summed E-state index contributed by atoms with van der Waals surface area (Å²) in [6.45, 7) is 2.96. The highest BCUT2D eigenvalue weighted by atomic mass is 35.5. The quantitative estimate of drug-likeness (QED) is 0.402. The van der Waals surface area contributed by atoms with Crippen molar-refractivity contribution in [1.82, 2.24) is 9.88 Å².